The molecule has 0 aliphatic heterocycles. The quantitative estimate of drug-likeness (QED) is 0.406. The first-order chi connectivity index (χ1) is 14.8. The summed E-state index contributed by atoms with van der Waals surface area (Å²) in [6.07, 6.45) is 1.09. The summed E-state index contributed by atoms with van der Waals surface area (Å²) in [6, 6.07) is 20.7. The fraction of sp³-hybridized carbons (Fsp3) is 0.174. The number of anilines is 2. The van der Waals surface area contributed by atoms with Gasteiger partial charge in [0.25, 0.3) is 0 Å². The minimum Gasteiger partial charge on any atom is -0.341 e. The third kappa shape index (κ3) is 4.31. The second-order valence-corrected chi connectivity index (χ2v) is 10.1. The number of nitrogens with one attached hydrogen (secondary N) is 1. The van der Waals surface area contributed by atoms with Crippen LogP contribution in [0.25, 0.3) is 21.8 Å². The molecule has 0 atom stereocenters. The van der Waals surface area contributed by atoms with Gasteiger partial charge in [0.05, 0.1) is 11.9 Å². The fourth-order valence-corrected chi connectivity index (χ4v) is 4.93. The van der Waals surface area contributed by atoms with E-state index < -0.39 is 15.9 Å². The molecule has 0 bridgehead atoms. The van der Waals surface area contributed by atoms with Gasteiger partial charge in [-0.25, -0.2) is 8.42 Å². The van der Waals surface area contributed by atoms with Crippen LogP contribution in [-0.2, 0) is 21.4 Å². The summed E-state index contributed by atoms with van der Waals surface area (Å²) in [7, 11) is -3.63. The number of fused-ring (bicyclic) bond motifs is 3. The van der Waals surface area contributed by atoms with Crippen LogP contribution in [0.3, 0.4) is 0 Å². The number of amides is 1. The van der Waals surface area contributed by atoms with Crippen molar-refractivity contribution in [3.05, 3.63) is 71.2 Å². The zero-order valence-corrected chi connectivity index (χ0v) is 19.6. The van der Waals surface area contributed by atoms with Gasteiger partial charge in [-0.15, -0.1) is 0 Å². The number of aryl methyl sites for hydroxylation is 1. The maximum Gasteiger partial charge on any atom is 0.245 e. The van der Waals surface area contributed by atoms with Gasteiger partial charge in [0.15, 0.2) is 0 Å². The zero-order valence-electron chi connectivity index (χ0n) is 17.2. The van der Waals surface area contributed by atoms with Gasteiger partial charge in [-0.2, -0.15) is 0 Å². The highest BCUT2D eigenvalue weighted by Gasteiger charge is 2.21. The number of para-hydroxylation sites is 1. The summed E-state index contributed by atoms with van der Waals surface area (Å²) in [4.78, 5) is 12.7. The van der Waals surface area contributed by atoms with E-state index in [-0.39, 0.29) is 6.54 Å². The average molecular weight is 500 g/mol. The Morgan fingerprint density at radius 1 is 1.00 bits per heavy atom. The molecule has 0 fully saturated rings. The molecule has 1 heterocycles. The highest BCUT2D eigenvalue weighted by Crippen LogP contribution is 2.31. The third-order valence-corrected chi connectivity index (χ3v) is 6.84. The molecule has 160 valence electrons. The lowest BCUT2D eigenvalue weighted by atomic mass is 10.1. The molecule has 4 rings (SSSR count). The van der Waals surface area contributed by atoms with Crippen LogP contribution in [-0.4, -0.2) is 31.7 Å². The van der Waals surface area contributed by atoms with Crippen molar-refractivity contribution < 1.29 is 13.2 Å². The summed E-state index contributed by atoms with van der Waals surface area (Å²) in [5, 5.41) is 5.00. The normalized spacial score (nSPS) is 11.7. The lowest BCUT2D eigenvalue weighted by Crippen LogP contribution is -2.37. The van der Waals surface area contributed by atoms with E-state index in [9.17, 15) is 13.2 Å². The smallest absolute Gasteiger partial charge is 0.245 e. The van der Waals surface area contributed by atoms with Crippen molar-refractivity contribution in [3.63, 3.8) is 0 Å². The average Bonchev–Trinajstić information content (AvgIpc) is 3.05. The van der Waals surface area contributed by atoms with Gasteiger partial charge in [-0.1, -0.05) is 34.1 Å². The first kappa shape index (κ1) is 21.4. The topological polar surface area (TPSA) is 71.4 Å². The summed E-state index contributed by atoms with van der Waals surface area (Å²) in [5.74, 6) is -0.410. The lowest BCUT2D eigenvalue weighted by Gasteiger charge is -2.22. The van der Waals surface area contributed by atoms with E-state index in [2.05, 4.69) is 44.9 Å². The van der Waals surface area contributed by atoms with Gasteiger partial charge in [0.2, 0.25) is 15.9 Å². The monoisotopic (exact) mass is 499 g/mol. The van der Waals surface area contributed by atoms with Crippen molar-refractivity contribution >= 4 is 65.0 Å². The van der Waals surface area contributed by atoms with Crippen molar-refractivity contribution in [1.29, 1.82) is 0 Å². The molecule has 0 saturated carbocycles. The first-order valence-corrected chi connectivity index (χ1v) is 12.5. The van der Waals surface area contributed by atoms with E-state index >= 15 is 0 Å². The van der Waals surface area contributed by atoms with Gasteiger partial charge in [-0.05, 0) is 55.5 Å². The first-order valence-electron chi connectivity index (χ1n) is 9.82. The minimum absolute atomic E-state index is 0.310. The molecule has 1 amide bonds. The van der Waals surface area contributed by atoms with Crippen LogP contribution in [0.5, 0.6) is 0 Å². The standard InChI is InChI=1S/C23H22BrN3O3S/c1-3-26-21-7-5-4-6-19(21)20-14-17(10-13-22(20)26)25-23(28)15-27(31(2,29)30)18-11-8-16(24)9-12-18/h4-14H,3,15H2,1-2H3,(H,25,28). The summed E-state index contributed by atoms with van der Waals surface area (Å²) < 4.78 is 28.7. The van der Waals surface area contributed by atoms with Crippen LogP contribution < -0.4 is 9.62 Å². The molecule has 1 N–H and O–H groups in total. The molecule has 6 nitrogen and oxygen atoms in total. The molecular weight excluding hydrogens is 478 g/mol. The van der Waals surface area contributed by atoms with Crippen LogP contribution in [0.2, 0.25) is 0 Å². The number of aromatic nitrogens is 1. The highest BCUT2D eigenvalue weighted by atomic mass is 79.9. The van der Waals surface area contributed by atoms with Crippen LogP contribution in [0, 0.1) is 0 Å². The Bertz CT molecular complexity index is 1380. The molecule has 4 aromatic rings. The molecule has 0 unspecified atom stereocenters. The van der Waals surface area contributed by atoms with E-state index in [0.29, 0.717) is 11.4 Å². The maximum absolute atomic E-state index is 12.7. The third-order valence-electron chi connectivity index (χ3n) is 5.17. The van der Waals surface area contributed by atoms with Gasteiger partial charge in [-0.3, -0.25) is 9.10 Å². The summed E-state index contributed by atoms with van der Waals surface area (Å²) >= 11 is 3.33. The Kier molecular flexibility index (Phi) is 5.77. The van der Waals surface area contributed by atoms with Gasteiger partial charge < -0.3 is 9.88 Å². The second kappa shape index (κ2) is 8.36. The molecule has 0 radical (unpaired) electrons. The fourth-order valence-electron chi connectivity index (χ4n) is 3.81. The molecular formula is C23H22BrN3O3S. The van der Waals surface area contributed by atoms with Crippen LogP contribution in [0.15, 0.2) is 71.2 Å². The number of carbonyl (C=O) groups is 1. The number of hydrogen-bond donors (Lipinski definition) is 1. The number of halogens is 1. The van der Waals surface area contributed by atoms with Gasteiger partial charge in [0, 0.05) is 38.5 Å². The van der Waals surface area contributed by atoms with Crippen molar-refractivity contribution in [2.45, 2.75) is 13.5 Å². The molecule has 0 saturated heterocycles. The Labute approximate surface area is 189 Å². The number of benzene rings is 3. The Morgan fingerprint density at radius 3 is 2.35 bits per heavy atom. The predicted octanol–water partition coefficient (Wildman–Crippen LogP) is 4.98. The van der Waals surface area contributed by atoms with Crippen molar-refractivity contribution in [3.8, 4) is 0 Å². The zero-order chi connectivity index (χ0) is 22.2. The van der Waals surface area contributed by atoms with Crippen LogP contribution in [0.4, 0.5) is 11.4 Å². The molecule has 0 aliphatic carbocycles. The van der Waals surface area contributed by atoms with Crippen molar-refractivity contribution in [2.75, 3.05) is 22.4 Å². The molecule has 0 aliphatic rings. The van der Waals surface area contributed by atoms with E-state index in [1.54, 1.807) is 24.3 Å². The summed E-state index contributed by atoms with van der Waals surface area (Å²) in [6.45, 7) is 2.63. The van der Waals surface area contributed by atoms with Gasteiger partial charge in [0.1, 0.15) is 6.54 Å². The molecule has 3 aromatic carbocycles. The van der Waals surface area contributed by atoms with E-state index in [4.69, 9.17) is 0 Å². The van der Waals surface area contributed by atoms with E-state index in [1.807, 2.05) is 30.3 Å². The SMILES string of the molecule is CCn1c2ccccc2c2cc(NC(=O)CN(c3ccc(Br)cc3)S(C)(=O)=O)ccc21. The number of sulfonamides is 1. The van der Waals surface area contributed by atoms with E-state index in [0.717, 1.165) is 43.4 Å². The minimum atomic E-state index is -3.63. The van der Waals surface area contributed by atoms with E-state index in [1.165, 1.54) is 0 Å². The predicted molar refractivity (Wildman–Crippen MR) is 130 cm³/mol. The molecule has 8 heteroatoms. The Balaban J connectivity index is 1.63. The van der Waals surface area contributed by atoms with Crippen molar-refractivity contribution in [1.82, 2.24) is 4.57 Å². The number of rotatable bonds is 6. The number of carbonyl (C=O) groups excluding carboxylic acids is 1. The maximum atomic E-state index is 12.7. The lowest BCUT2D eigenvalue weighted by molar-refractivity contribution is -0.114. The van der Waals surface area contributed by atoms with Crippen LogP contribution in [0.1, 0.15) is 6.92 Å². The summed E-state index contributed by atoms with van der Waals surface area (Å²) in [5.41, 5.74) is 3.29. The molecule has 31 heavy (non-hydrogen) atoms. The number of nitrogens with zero attached hydrogens (tertiary/aromatic N) is 2. The second-order valence-electron chi connectivity index (χ2n) is 7.29. The van der Waals surface area contributed by atoms with Crippen molar-refractivity contribution in [2.24, 2.45) is 0 Å². The largest absolute Gasteiger partial charge is 0.341 e. The van der Waals surface area contributed by atoms with Gasteiger partial charge >= 0.3 is 0 Å². The molecule has 1 aromatic heterocycles. The van der Waals surface area contributed by atoms with Crippen LogP contribution >= 0.6 is 15.9 Å². The Hall–Kier alpha value is -2.84. The Morgan fingerprint density at radius 2 is 1.68 bits per heavy atom. The highest BCUT2D eigenvalue weighted by molar-refractivity contribution is 9.10. The number of hydrogen-bond acceptors (Lipinski definition) is 3. The molecule has 0 spiro atoms.